The van der Waals surface area contributed by atoms with Crippen LogP contribution in [0.5, 0.6) is 0 Å². The first-order valence-electron chi connectivity index (χ1n) is 9.91. The number of carbonyl (C=O) groups excluding carboxylic acids is 4. The molecule has 5 amide bonds. The summed E-state index contributed by atoms with van der Waals surface area (Å²) in [6, 6.07) is 14.0. The van der Waals surface area contributed by atoms with Gasteiger partial charge >= 0.3 is 6.03 Å². The molecule has 30 heavy (non-hydrogen) atoms. The van der Waals surface area contributed by atoms with E-state index in [9.17, 15) is 19.2 Å². The van der Waals surface area contributed by atoms with E-state index in [0.717, 1.165) is 28.9 Å². The Hall–Kier alpha value is -3.68. The van der Waals surface area contributed by atoms with Gasteiger partial charge in [0.2, 0.25) is 11.8 Å². The van der Waals surface area contributed by atoms with Gasteiger partial charge in [0.15, 0.2) is 0 Å². The van der Waals surface area contributed by atoms with E-state index in [1.165, 1.54) is 4.90 Å². The first-order valence-corrected chi connectivity index (χ1v) is 9.91. The smallest absolute Gasteiger partial charge is 0.323 e. The summed E-state index contributed by atoms with van der Waals surface area (Å²) in [5, 5.41) is 5.57. The van der Waals surface area contributed by atoms with Gasteiger partial charge in [-0.25, -0.2) is 4.79 Å². The van der Waals surface area contributed by atoms with Crippen LogP contribution in [-0.4, -0.2) is 41.7 Å². The Balaban J connectivity index is 1.43. The molecule has 1 atom stereocenters. The van der Waals surface area contributed by atoms with Gasteiger partial charge in [0, 0.05) is 0 Å². The van der Waals surface area contributed by atoms with Gasteiger partial charge in [-0.1, -0.05) is 36.4 Å². The Bertz CT molecular complexity index is 1100. The fourth-order valence-corrected chi connectivity index (χ4v) is 4.63. The minimum atomic E-state index is -1.12. The van der Waals surface area contributed by atoms with Gasteiger partial charge in [0.05, 0.1) is 11.4 Å². The van der Waals surface area contributed by atoms with Gasteiger partial charge in [-0.15, -0.1) is 0 Å². The third-order valence-corrected chi connectivity index (χ3v) is 6.02. The highest BCUT2D eigenvalue weighted by Gasteiger charge is 2.54. The summed E-state index contributed by atoms with van der Waals surface area (Å²) in [6.45, 7) is -0.580. The number of fused-ring (bicyclic) bond motifs is 3. The molecule has 0 bridgehead atoms. The largest absolute Gasteiger partial charge is 0.325 e. The van der Waals surface area contributed by atoms with Crippen molar-refractivity contribution in [1.82, 2.24) is 10.2 Å². The molecule has 2 heterocycles. The number of para-hydroxylation sites is 2. The van der Waals surface area contributed by atoms with Crippen molar-refractivity contribution in [3.05, 3.63) is 59.7 Å². The molecule has 5 rings (SSSR count). The van der Waals surface area contributed by atoms with Crippen LogP contribution in [0.3, 0.4) is 0 Å². The van der Waals surface area contributed by atoms with Crippen LogP contribution < -0.4 is 15.5 Å². The number of hydrogen-bond donors (Lipinski definition) is 2. The molecular weight excluding hydrogens is 384 g/mol. The molecular formula is C22H20N4O4. The summed E-state index contributed by atoms with van der Waals surface area (Å²) >= 11 is 0. The molecule has 1 fully saturated rings. The predicted molar refractivity (Wildman–Crippen MR) is 109 cm³/mol. The zero-order valence-corrected chi connectivity index (χ0v) is 16.2. The maximum atomic E-state index is 13.4. The number of nitrogens with zero attached hydrogens (tertiary/aromatic N) is 2. The van der Waals surface area contributed by atoms with Gasteiger partial charge in [-0.05, 0) is 42.5 Å². The van der Waals surface area contributed by atoms with Gasteiger partial charge in [0.25, 0.3) is 5.91 Å². The number of aryl methyl sites for hydroxylation is 1. The summed E-state index contributed by atoms with van der Waals surface area (Å²) in [5.41, 5.74) is 1.78. The van der Waals surface area contributed by atoms with Crippen molar-refractivity contribution in [2.45, 2.75) is 24.8 Å². The average molecular weight is 404 g/mol. The molecule has 0 radical (unpaired) electrons. The highest BCUT2D eigenvalue weighted by Crippen LogP contribution is 2.40. The first-order chi connectivity index (χ1) is 14.5. The van der Waals surface area contributed by atoms with Crippen molar-refractivity contribution in [3.8, 4) is 0 Å². The minimum absolute atomic E-state index is 0.159. The van der Waals surface area contributed by atoms with Crippen molar-refractivity contribution in [2.24, 2.45) is 0 Å². The lowest BCUT2D eigenvalue weighted by Gasteiger charge is -2.33. The molecule has 8 heteroatoms. The molecule has 1 aliphatic carbocycles. The van der Waals surface area contributed by atoms with Crippen LogP contribution in [0, 0.1) is 0 Å². The molecule has 2 aromatic rings. The Kier molecular flexibility index (Phi) is 4.09. The zero-order valence-electron chi connectivity index (χ0n) is 16.2. The standard InChI is InChI=1S/C22H20N4O4/c27-18-12-25(17-10-4-3-9-16(17)23-18)19(28)13-26-20(29)22(24-21(26)30)11-5-7-14-6-1-2-8-15(14)22/h1-4,6,8-10H,5,7,11-13H2,(H,23,27)(H,24,30). The van der Waals surface area contributed by atoms with Crippen LogP contribution in [0.2, 0.25) is 0 Å². The first kappa shape index (κ1) is 18.4. The monoisotopic (exact) mass is 404 g/mol. The van der Waals surface area contributed by atoms with Crippen LogP contribution in [-0.2, 0) is 26.3 Å². The minimum Gasteiger partial charge on any atom is -0.323 e. The van der Waals surface area contributed by atoms with Crippen LogP contribution in [0.1, 0.15) is 24.0 Å². The maximum Gasteiger partial charge on any atom is 0.325 e. The van der Waals surface area contributed by atoms with Gasteiger partial charge in [0.1, 0.15) is 18.6 Å². The molecule has 1 saturated heterocycles. The van der Waals surface area contributed by atoms with Crippen LogP contribution in [0.15, 0.2) is 48.5 Å². The number of imide groups is 1. The molecule has 152 valence electrons. The molecule has 0 saturated carbocycles. The Morgan fingerprint density at radius 2 is 1.80 bits per heavy atom. The number of nitrogens with one attached hydrogen (secondary N) is 2. The second kappa shape index (κ2) is 6.69. The lowest BCUT2D eigenvalue weighted by atomic mass is 9.76. The topological polar surface area (TPSA) is 98.8 Å². The van der Waals surface area contributed by atoms with E-state index in [1.54, 1.807) is 24.3 Å². The van der Waals surface area contributed by atoms with E-state index < -0.39 is 29.9 Å². The third kappa shape index (κ3) is 2.67. The van der Waals surface area contributed by atoms with Crippen molar-refractivity contribution in [1.29, 1.82) is 0 Å². The molecule has 1 spiro atoms. The number of anilines is 2. The summed E-state index contributed by atoms with van der Waals surface area (Å²) in [5.74, 6) is -1.22. The molecule has 2 N–H and O–H groups in total. The molecule has 1 unspecified atom stereocenters. The number of rotatable bonds is 2. The van der Waals surface area contributed by atoms with Gasteiger partial charge < -0.3 is 10.6 Å². The van der Waals surface area contributed by atoms with Crippen LogP contribution in [0.25, 0.3) is 0 Å². The highest BCUT2D eigenvalue weighted by molar-refractivity contribution is 6.14. The van der Waals surface area contributed by atoms with Crippen molar-refractivity contribution in [2.75, 3.05) is 23.3 Å². The van der Waals surface area contributed by atoms with Gasteiger partial charge in [-0.3, -0.25) is 24.2 Å². The van der Waals surface area contributed by atoms with E-state index in [2.05, 4.69) is 10.6 Å². The molecule has 8 nitrogen and oxygen atoms in total. The average Bonchev–Trinajstić information content (AvgIpc) is 2.98. The fourth-order valence-electron chi connectivity index (χ4n) is 4.63. The molecule has 2 aliphatic heterocycles. The Morgan fingerprint density at radius 1 is 1.03 bits per heavy atom. The normalized spacial score (nSPS) is 22.5. The van der Waals surface area contributed by atoms with Crippen molar-refractivity contribution >= 4 is 35.1 Å². The third-order valence-electron chi connectivity index (χ3n) is 6.02. The Labute approximate surface area is 172 Å². The van der Waals surface area contributed by atoms with E-state index in [0.29, 0.717) is 17.8 Å². The highest BCUT2D eigenvalue weighted by atomic mass is 16.2. The number of carbonyl (C=O) groups is 4. The molecule has 2 aromatic carbocycles. The maximum absolute atomic E-state index is 13.4. The van der Waals surface area contributed by atoms with Crippen molar-refractivity contribution in [3.63, 3.8) is 0 Å². The lowest BCUT2D eigenvalue weighted by molar-refractivity contribution is -0.135. The van der Waals surface area contributed by atoms with E-state index in [-0.39, 0.29) is 12.5 Å². The number of benzene rings is 2. The number of amides is 5. The number of hydrogen-bond acceptors (Lipinski definition) is 4. The Morgan fingerprint density at radius 3 is 2.67 bits per heavy atom. The molecule has 0 aromatic heterocycles. The fraction of sp³-hybridized carbons (Fsp3) is 0.273. The van der Waals surface area contributed by atoms with E-state index >= 15 is 0 Å². The summed E-state index contributed by atoms with van der Waals surface area (Å²) in [7, 11) is 0. The SMILES string of the molecule is O=C1CN(C(=O)CN2C(=O)NC3(CCCc4ccccc43)C2=O)c2ccccc2N1. The summed E-state index contributed by atoms with van der Waals surface area (Å²) in [4.78, 5) is 53.5. The lowest BCUT2D eigenvalue weighted by Crippen LogP contribution is -2.49. The predicted octanol–water partition coefficient (Wildman–Crippen LogP) is 1.76. The van der Waals surface area contributed by atoms with Crippen LogP contribution >= 0.6 is 0 Å². The molecule has 3 aliphatic rings. The quantitative estimate of drug-likeness (QED) is 0.745. The van der Waals surface area contributed by atoms with Crippen LogP contribution in [0.4, 0.5) is 16.2 Å². The second-order valence-corrected chi connectivity index (χ2v) is 7.78. The van der Waals surface area contributed by atoms with Gasteiger partial charge in [-0.2, -0.15) is 0 Å². The summed E-state index contributed by atoms with van der Waals surface area (Å²) in [6.07, 6.45) is 2.11. The van der Waals surface area contributed by atoms with E-state index in [4.69, 9.17) is 0 Å². The van der Waals surface area contributed by atoms with E-state index in [1.807, 2.05) is 24.3 Å². The number of urea groups is 1. The van der Waals surface area contributed by atoms with Crippen molar-refractivity contribution < 1.29 is 19.2 Å². The summed E-state index contributed by atoms with van der Waals surface area (Å²) < 4.78 is 0. The zero-order chi connectivity index (χ0) is 20.9. The second-order valence-electron chi connectivity index (χ2n) is 7.78.